The number of hydrogen-bond donors (Lipinski definition) is 1. The van der Waals surface area contributed by atoms with Gasteiger partial charge in [0.25, 0.3) is 5.91 Å². The third-order valence-electron chi connectivity index (χ3n) is 6.29. The Morgan fingerprint density at radius 3 is 2.48 bits per heavy atom. The summed E-state index contributed by atoms with van der Waals surface area (Å²) in [5.74, 6) is -4.34. The van der Waals surface area contributed by atoms with E-state index in [0.29, 0.717) is 32.1 Å². The Balaban J connectivity index is 1.46. The van der Waals surface area contributed by atoms with Crippen molar-refractivity contribution in [3.63, 3.8) is 0 Å². The number of hydrogen-bond acceptors (Lipinski definition) is 4. The van der Waals surface area contributed by atoms with Gasteiger partial charge in [0.1, 0.15) is 5.78 Å². The zero-order valence-corrected chi connectivity index (χ0v) is 17.9. The van der Waals surface area contributed by atoms with Gasteiger partial charge in [0.15, 0.2) is 17.3 Å². The van der Waals surface area contributed by atoms with Crippen LogP contribution in [0.1, 0.15) is 58.6 Å². The van der Waals surface area contributed by atoms with Crippen molar-refractivity contribution in [2.45, 2.75) is 44.8 Å². The van der Waals surface area contributed by atoms with Crippen LogP contribution in [0, 0.1) is 11.6 Å². The molecule has 0 aliphatic carbocycles. The Morgan fingerprint density at radius 2 is 1.85 bits per heavy atom. The molecule has 3 heterocycles. The summed E-state index contributed by atoms with van der Waals surface area (Å²) in [6.45, 7) is 3.28. The van der Waals surface area contributed by atoms with Crippen molar-refractivity contribution in [1.82, 2.24) is 20.0 Å². The number of likely N-dealkylation sites (tertiary alicyclic amines) is 1. The Labute approximate surface area is 186 Å². The summed E-state index contributed by atoms with van der Waals surface area (Å²) in [6, 6.07) is 1.70. The van der Waals surface area contributed by atoms with E-state index in [1.807, 2.05) is 4.90 Å². The largest absolute Gasteiger partial charge is 0.419 e. The summed E-state index contributed by atoms with van der Waals surface area (Å²) < 4.78 is 67.6. The second-order valence-electron chi connectivity index (χ2n) is 8.58. The van der Waals surface area contributed by atoms with E-state index in [0.717, 1.165) is 17.3 Å². The van der Waals surface area contributed by atoms with E-state index < -0.39 is 29.3 Å². The molecule has 1 aromatic heterocycles. The van der Waals surface area contributed by atoms with E-state index in [2.05, 4.69) is 10.2 Å². The number of aromatic nitrogens is 2. The summed E-state index contributed by atoms with van der Waals surface area (Å²) in [5.41, 5.74) is 0.00827. The molecule has 1 amide bonds. The second-order valence-corrected chi connectivity index (χ2v) is 8.58. The molecule has 2 aromatic rings. The van der Waals surface area contributed by atoms with Gasteiger partial charge in [-0.25, -0.2) is 8.78 Å². The molecule has 1 N–H and O–H groups in total. The van der Waals surface area contributed by atoms with Gasteiger partial charge in [0.05, 0.1) is 17.8 Å². The molecule has 2 aliphatic rings. The third kappa shape index (κ3) is 4.64. The molecule has 178 valence electrons. The fourth-order valence-electron chi connectivity index (χ4n) is 4.74. The van der Waals surface area contributed by atoms with Crippen LogP contribution in [0.25, 0.3) is 0 Å². The maximum atomic E-state index is 14.0. The van der Waals surface area contributed by atoms with Gasteiger partial charge in [0.2, 0.25) is 0 Å². The van der Waals surface area contributed by atoms with Crippen molar-refractivity contribution in [1.29, 1.82) is 0 Å². The maximum Gasteiger partial charge on any atom is 0.419 e. The van der Waals surface area contributed by atoms with Crippen molar-refractivity contribution < 1.29 is 31.5 Å². The van der Waals surface area contributed by atoms with Crippen LogP contribution in [0.2, 0.25) is 0 Å². The number of piperidine rings is 1. The third-order valence-corrected chi connectivity index (χ3v) is 6.29. The topological polar surface area (TPSA) is 69.3 Å². The monoisotopic (exact) mass is 470 g/mol. The number of alkyl halides is 3. The van der Waals surface area contributed by atoms with Crippen LogP contribution in [0.15, 0.2) is 12.1 Å². The van der Waals surface area contributed by atoms with Gasteiger partial charge in [-0.05, 0) is 43.7 Å². The van der Waals surface area contributed by atoms with Crippen molar-refractivity contribution in [3.8, 4) is 0 Å². The molecule has 0 atom stereocenters. The number of Topliss-reactive ketones (excluding diaryl/α,β-unsaturated/α-hetero) is 1. The Morgan fingerprint density at radius 1 is 1.15 bits per heavy atom. The molecule has 4 rings (SSSR count). The number of ketones is 1. The van der Waals surface area contributed by atoms with E-state index in [9.17, 15) is 31.5 Å². The molecule has 0 radical (unpaired) electrons. The molecule has 0 spiro atoms. The zero-order valence-electron chi connectivity index (χ0n) is 17.9. The number of amides is 1. The fraction of sp³-hybridized carbons (Fsp3) is 0.500. The normalized spacial score (nSPS) is 17.8. The quantitative estimate of drug-likeness (QED) is 0.693. The summed E-state index contributed by atoms with van der Waals surface area (Å²) in [6.07, 6.45) is -4.07. The van der Waals surface area contributed by atoms with Gasteiger partial charge in [-0.15, -0.1) is 0 Å². The smallest absolute Gasteiger partial charge is 0.337 e. The van der Waals surface area contributed by atoms with E-state index >= 15 is 0 Å². The molecule has 1 fully saturated rings. The first-order valence-electron chi connectivity index (χ1n) is 10.7. The molecular weight excluding hydrogens is 447 g/mol. The van der Waals surface area contributed by atoms with Crippen LogP contribution in [0.4, 0.5) is 22.0 Å². The van der Waals surface area contributed by atoms with Crippen LogP contribution in [-0.4, -0.2) is 57.9 Å². The van der Waals surface area contributed by atoms with Crippen molar-refractivity contribution in [2.24, 2.45) is 0 Å². The molecular formula is C22H23F5N4O2. The first-order valence-corrected chi connectivity index (χ1v) is 10.7. The molecule has 0 bridgehead atoms. The molecule has 2 aliphatic heterocycles. The van der Waals surface area contributed by atoms with E-state index in [1.54, 1.807) is 0 Å². The molecule has 6 nitrogen and oxygen atoms in total. The predicted octanol–water partition coefficient (Wildman–Crippen LogP) is 3.67. The van der Waals surface area contributed by atoms with Gasteiger partial charge in [-0.2, -0.15) is 18.3 Å². The highest BCUT2D eigenvalue weighted by atomic mass is 19.4. The average molecular weight is 470 g/mol. The zero-order chi connectivity index (χ0) is 23.9. The molecule has 33 heavy (non-hydrogen) atoms. The Kier molecular flexibility index (Phi) is 6.26. The van der Waals surface area contributed by atoms with E-state index in [4.69, 9.17) is 0 Å². The van der Waals surface area contributed by atoms with Gasteiger partial charge in [-0.1, -0.05) is 6.07 Å². The summed E-state index contributed by atoms with van der Waals surface area (Å²) in [5, 5.41) is 7.03. The minimum atomic E-state index is -5.02. The van der Waals surface area contributed by atoms with Crippen LogP contribution in [0.3, 0.4) is 0 Å². The van der Waals surface area contributed by atoms with Crippen LogP contribution in [0.5, 0.6) is 0 Å². The number of H-pyrrole nitrogens is 1. The summed E-state index contributed by atoms with van der Waals surface area (Å²) >= 11 is 0. The van der Waals surface area contributed by atoms with Crippen LogP contribution in [-0.2, 0) is 23.9 Å². The number of nitrogens with zero attached hydrogens (tertiary/aromatic N) is 3. The lowest BCUT2D eigenvalue weighted by molar-refractivity contribution is -0.141. The number of fused-ring (bicyclic) bond motifs is 1. The van der Waals surface area contributed by atoms with Gasteiger partial charge in [0, 0.05) is 31.7 Å². The lowest BCUT2D eigenvalue weighted by Gasteiger charge is -2.33. The minimum absolute atomic E-state index is 0.0480. The number of aromatic amines is 1. The van der Waals surface area contributed by atoms with E-state index in [-0.39, 0.29) is 48.9 Å². The molecule has 0 unspecified atom stereocenters. The molecule has 1 aromatic carbocycles. The predicted molar refractivity (Wildman–Crippen MR) is 107 cm³/mol. The van der Waals surface area contributed by atoms with Gasteiger partial charge >= 0.3 is 6.18 Å². The molecule has 0 saturated carbocycles. The Bertz CT molecular complexity index is 1070. The molecule has 11 heteroatoms. The number of nitrogens with one attached hydrogen (secondary N) is 1. The standard InChI is InChI=1S/C22H23F5N4O2/c1-12(32)10-30-7-6-15-17(11-30)28-29-20(15)21(33)31-8-4-13(5-9-31)14-2-3-16(23)19(24)18(14)22(25,26)27/h2-3,13H,4-11H2,1H3,(H,28,29). The van der Waals surface area contributed by atoms with Gasteiger partial charge in [-0.3, -0.25) is 19.6 Å². The lowest BCUT2D eigenvalue weighted by Crippen LogP contribution is -2.39. The summed E-state index contributed by atoms with van der Waals surface area (Å²) in [7, 11) is 0. The number of benzene rings is 1. The SMILES string of the molecule is CC(=O)CN1CCc2c(C(=O)N3CCC(c4ccc(F)c(F)c4C(F)(F)F)CC3)n[nH]c2C1. The maximum absolute atomic E-state index is 14.0. The lowest BCUT2D eigenvalue weighted by atomic mass is 9.85. The molecule has 1 saturated heterocycles. The van der Waals surface area contributed by atoms with Crippen LogP contribution < -0.4 is 0 Å². The van der Waals surface area contributed by atoms with Crippen molar-refractivity contribution in [3.05, 3.63) is 51.8 Å². The number of carbonyl (C=O) groups excluding carboxylic acids is 2. The van der Waals surface area contributed by atoms with Crippen LogP contribution >= 0.6 is 0 Å². The van der Waals surface area contributed by atoms with Crippen molar-refractivity contribution in [2.75, 3.05) is 26.2 Å². The number of carbonyl (C=O) groups is 2. The second kappa shape index (κ2) is 8.85. The number of halogens is 5. The Hall–Kier alpha value is -2.82. The van der Waals surface area contributed by atoms with E-state index in [1.165, 1.54) is 11.8 Å². The highest BCUT2D eigenvalue weighted by molar-refractivity contribution is 5.94. The van der Waals surface area contributed by atoms with Crippen molar-refractivity contribution >= 4 is 11.7 Å². The number of rotatable bonds is 4. The highest BCUT2D eigenvalue weighted by Gasteiger charge is 2.41. The first-order chi connectivity index (χ1) is 15.6. The summed E-state index contributed by atoms with van der Waals surface area (Å²) in [4.78, 5) is 27.9. The highest BCUT2D eigenvalue weighted by Crippen LogP contribution is 2.41. The fourth-order valence-corrected chi connectivity index (χ4v) is 4.74. The van der Waals surface area contributed by atoms with Gasteiger partial charge < -0.3 is 4.90 Å². The minimum Gasteiger partial charge on any atom is -0.337 e. The first kappa shape index (κ1) is 23.3. The average Bonchev–Trinajstić information content (AvgIpc) is 3.17.